The minimum atomic E-state index is -4.14. The zero-order valence-electron chi connectivity index (χ0n) is 14.3. The quantitative estimate of drug-likeness (QED) is 0.599. The molecule has 1 saturated heterocycles. The first-order valence-electron chi connectivity index (χ1n) is 8.36. The van der Waals surface area contributed by atoms with Crippen molar-refractivity contribution in [2.75, 3.05) is 13.2 Å². The standard InChI is InChI=1S/C18H19FN2O5S/c19-16-7-3-13(4-8-16)14-5-9-17(10-6-14)27(24,25)20-21(23)18(22)15-2-1-11-26-12-15/h3-10,15,20,23H,1-2,11-12H2. The van der Waals surface area contributed by atoms with Crippen LogP contribution in [0, 0.1) is 11.7 Å². The molecule has 0 aliphatic carbocycles. The zero-order chi connectivity index (χ0) is 19.4. The van der Waals surface area contributed by atoms with Crippen molar-refractivity contribution in [1.82, 2.24) is 10.0 Å². The van der Waals surface area contributed by atoms with Crippen LogP contribution >= 0.6 is 0 Å². The van der Waals surface area contributed by atoms with E-state index in [4.69, 9.17) is 4.74 Å². The molecule has 3 rings (SSSR count). The molecule has 1 heterocycles. The normalized spacial score (nSPS) is 17.5. The SMILES string of the molecule is O=C(C1CCCOC1)N(O)NS(=O)(=O)c1ccc(-c2ccc(F)cc2)cc1. The molecule has 144 valence electrons. The smallest absolute Gasteiger partial charge is 0.267 e. The second kappa shape index (κ2) is 8.13. The topological polar surface area (TPSA) is 95.9 Å². The lowest BCUT2D eigenvalue weighted by molar-refractivity contribution is -0.181. The van der Waals surface area contributed by atoms with Gasteiger partial charge in [-0.2, -0.15) is 0 Å². The molecule has 1 aliphatic rings. The van der Waals surface area contributed by atoms with Crippen LogP contribution in [0.1, 0.15) is 12.8 Å². The molecule has 0 saturated carbocycles. The summed E-state index contributed by atoms with van der Waals surface area (Å²) in [4.78, 5) is 13.8. The number of nitrogens with one attached hydrogen (secondary N) is 1. The third-order valence-corrected chi connectivity index (χ3v) is 5.57. The van der Waals surface area contributed by atoms with E-state index in [9.17, 15) is 22.8 Å². The Kier molecular flexibility index (Phi) is 5.85. The third kappa shape index (κ3) is 4.69. The van der Waals surface area contributed by atoms with Gasteiger partial charge in [-0.25, -0.2) is 12.8 Å². The molecular formula is C18H19FN2O5S. The number of nitrogens with zero attached hydrogens (tertiary/aromatic N) is 1. The zero-order valence-corrected chi connectivity index (χ0v) is 15.2. The second-order valence-corrected chi connectivity index (χ2v) is 7.85. The molecule has 7 nitrogen and oxygen atoms in total. The second-order valence-electron chi connectivity index (χ2n) is 6.19. The van der Waals surface area contributed by atoms with Crippen LogP contribution in [0.25, 0.3) is 11.1 Å². The summed E-state index contributed by atoms with van der Waals surface area (Å²) in [6.07, 6.45) is 1.19. The molecule has 1 amide bonds. The number of hydrogen-bond acceptors (Lipinski definition) is 5. The van der Waals surface area contributed by atoms with Crippen LogP contribution in [0.2, 0.25) is 0 Å². The van der Waals surface area contributed by atoms with Crippen LogP contribution in [0.3, 0.4) is 0 Å². The minimum Gasteiger partial charge on any atom is -0.381 e. The van der Waals surface area contributed by atoms with Crippen LogP contribution in [-0.2, 0) is 19.6 Å². The fraction of sp³-hybridized carbons (Fsp3) is 0.278. The van der Waals surface area contributed by atoms with E-state index >= 15 is 0 Å². The molecule has 1 fully saturated rings. The van der Waals surface area contributed by atoms with Gasteiger partial charge in [-0.05, 0) is 48.2 Å². The van der Waals surface area contributed by atoms with Crippen LogP contribution < -0.4 is 4.83 Å². The molecule has 2 aromatic carbocycles. The first-order valence-corrected chi connectivity index (χ1v) is 9.84. The van der Waals surface area contributed by atoms with Crippen molar-refractivity contribution >= 4 is 15.9 Å². The number of benzene rings is 2. The molecule has 0 radical (unpaired) electrons. The number of hydroxylamine groups is 1. The maximum atomic E-state index is 13.0. The molecular weight excluding hydrogens is 375 g/mol. The highest BCUT2D eigenvalue weighted by Crippen LogP contribution is 2.22. The van der Waals surface area contributed by atoms with Crippen molar-refractivity contribution in [3.05, 3.63) is 54.3 Å². The average molecular weight is 394 g/mol. The molecule has 1 aliphatic heterocycles. The molecule has 0 spiro atoms. The molecule has 1 unspecified atom stereocenters. The van der Waals surface area contributed by atoms with Gasteiger partial charge in [0, 0.05) is 6.61 Å². The molecule has 2 N–H and O–H groups in total. The lowest BCUT2D eigenvalue weighted by atomic mass is 10.0. The number of rotatable bonds is 5. The fourth-order valence-corrected chi connectivity index (χ4v) is 3.71. The molecule has 1 atom stereocenters. The van der Waals surface area contributed by atoms with Crippen molar-refractivity contribution in [1.29, 1.82) is 0 Å². The highest BCUT2D eigenvalue weighted by molar-refractivity contribution is 7.89. The Balaban J connectivity index is 1.70. The van der Waals surface area contributed by atoms with E-state index in [0.29, 0.717) is 25.0 Å². The summed E-state index contributed by atoms with van der Waals surface area (Å²) in [7, 11) is -4.14. The van der Waals surface area contributed by atoms with Gasteiger partial charge in [0.25, 0.3) is 15.9 Å². The lowest BCUT2D eigenvalue weighted by Gasteiger charge is -2.24. The van der Waals surface area contributed by atoms with Crippen LogP contribution in [0.15, 0.2) is 53.4 Å². The van der Waals surface area contributed by atoms with Gasteiger partial charge in [-0.3, -0.25) is 10.0 Å². The van der Waals surface area contributed by atoms with E-state index in [-0.39, 0.29) is 22.5 Å². The summed E-state index contributed by atoms with van der Waals surface area (Å²) in [5.41, 5.74) is 1.43. The van der Waals surface area contributed by atoms with Gasteiger partial charge in [0.2, 0.25) is 0 Å². The van der Waals surface area contributed by atoms with Gasteiger partial charge in [-0.1, -0.05) is 29.1 Å². The number of carbonyl (C=O) groups is 1. The number of sulfonamides is 1. The first-order chi connectivity index (χ1) is 12.9. The van der Waals surface area contributed by atoms with Gasteiger partial charge < -0.3 is 4.74 Å². The molecule has 27 heavy (non-hydrogen) atoms. The van der Waals surface area contributed by atoms with Gasteiger partial charge in [-0.15, -0.1) is 5.17 Å². The van der Waals surface area contributed by atoms with E-state index in [1.54, 1.807) is 24.3 Å². The number of halogens is 1. The summed E-state index contributed by atoms with van der Waals surface area (Å²) in [5.74, 6) is -1.72. The summed E-state index contributed by atoms with van der Waals surface area (Å²) in [6, 6.07) is 11.6. The van der Waals surface area contributed by atoms with Gasteiger partial charge in [0.15, 0.2) is 0 Å². The van der Waals surface area contributed by atoms with E-state index in [0.717, 1.165) is 5.56 Å². The molecule has 0 bridgehead atoms. The summed E-state index contributed by atoms with van der Waals surface area (Å²) in [6.45, 7) is 0.686. The van der Waals surface area contributed by atoms with Gasteiger partial charge in [0.05, 0.1) is 17.4 Å². The Bertz CT molecular complexity index is 894. The fourth-order valence-electron chi connectivity index (χ4n) is 2.79. The summed E-state index contributed by atoms with van der Waals surface area (Å²) >= 11 is 0. The first kappa shape index (κ1) is 19.4. The Hall–Kier alpha value is -2.33. The van der Waals surface area contributed by atoms with Crippen molar-refractivity contribution < 1.29 is 27.5 Å². The molecule has 2 aromatic rings. The van der Waals surface area contributed by atoms with Crippen LogP contribution in [-0.4, -0.2) is 37.9 Å². The van der Waals surface area contributed by atoms with Crippen molar-refractivity contribution in [3.63, 3.8) is 0 Å². The lowest BCUT2D eigenvalue weighted by Crippen LogP contribution is -2.47. The number of hydrazine groups is 1. The molecule has 0 aromatic heterocycles. The van der Waals surface area contributed by atoms with Gasteiger partial charge in [0.1, 0.15) is 5.82 Å². The monoisotopic (exact) mass is 394 g/mol. The van der Waals surface area contributed by atoms with E-state index in [1.165, 1.54) is 24.3 Å². The van der Waals surface area contributed by atoms with Crippen molar-refractivity contribution in [3.8, 4) is 11.1 Å². The Morgan fingerprint density at radius 2 is 1.70 bits per heavy atom. The predicted octanol–water partition coefficient (Wildman–Crippen LogP) is 2.33. The Labute approximate surface area is 156 Å². The Morgan fingerprint density at radius 3 is 2.26 bits per heavy atom. The van der Waals surface area contributed by atoms with Crippen LogP contribution in [0.5, 0.6) is 0 Å². The number of ether oxygens (including phenoxy) is 1. The maximum Gasteiger partial charge on any atom is 0.267 e. The summed E-state index contributed by atoms with van der Waals surface area (Å²) in [5, 5.41) is 9.83. The third-order valence-electron chi connectivity index (χ3n) is 4.27. The van der Waals surface area contributed by atoms with Gasteiger partial charge >= 0.3 is 0 Å². The van der Waals surface area contributed by atoms with Crippen LogP contribution in [0.4, 0.5) is 4.39 Å². The van der Waals surface area contributed by atoms with E-state index < -0.39 is 21.8 Å². The van der Waals surface area contributed by atoms with E-state index in [1.807, 2.05) is 4.83 Å². The number of carbonyl (C=O) groups excluding carboxylic acids is 1. The highest BCUT2D eigenvalue weighted by Gasteiger charge is 2.29. The minimum absolute atomic E-state index is 0.00254. The largest absolute Gasteiger partial charge is 0.381 e. The average Bonchev–Trinajstić information content (AvgIpc) is 2.68. The highest BCUT2D eigenvalue weighted by atomic mass is 32.2. The maximum absolute atomic E-state index is 13.0. The van der Waals surface area contributed by atoms with Crippen molar-refractivity contribution in [2.45, 2.75) is 17.7 Å². The number of amides is 1. The Morgan fingerprint density at radius 1 is 1.11 bits per heavy atom. The van der Waals surface area contributed by atoms with Crippen molar-refractivity contribution in [2.24, 2.45) is 5.92 Å². The predicted molar refractivity (Wildman–Crippen MR) is 94.3 cm³/mol. The summed E-state index contributed by atoms with van der Waals surface area (Å²) < 4.78 is 42.9. The number of hydrogen-bond donors (Lipinski definition) is 2. The molecule has 9 heteroatoms. The van der Waals surface area contributed by atoms with E-state index in [2.05, 4.69) is 0 Å².